The number of aliphatic imine (C=N–C) groups is 1. The predicted molar refractivity (Wildman–Crippen MR) is 113 cm³/mol. The van der Waals surface area contributed by atoms with Crippen molar-refractivity contribution >= 4 is 50.0 Å². The highest BCUT2D eigenvalue weighted by atomic mass is 35.5. The van der Waals surface area contributed by atoms with E-state index in [9.17, 15) is 13.2 Å². The van der Waals surface area contributed by atoms with Crippen LogP contribution in [0.5, 0.6) is 5.75 Å². The summed E-state index contributed by atoms with van der Waals surface area (Å²) in [7, 11) is -1.62. The van der Waals surface area contributed by atoms with Gasteiger partial charge in [0.15, 0.2) is 15.0 Å². The number of sulfone groups is 1. The third-order valence-electron chi connectivity index (χ3n) is 4.68. The van der Waals surface area contributed by atoms with E-state index in [2.05, 4.69) is 4.99 Å². The molecule has 2 fully saturated rings. The number of methoxy groups -OCH3 is 1. The first kappa shape index (κ1) is 19.3. The van der Waals surface area contributed by atoms with E-state index in [0.717, 1.165) is 0 Å². The molecule has 2 aromatic carbocycles. The van der Waals surface area contributed by atoms with E-state index < -0.39 is 9.84 Å². The van der Waals surface area contributed by atoms with E-state index in [1.54, 1.807) is 47.4 Å². The maximum Gasteiger partial charge on any atom is 0.279 e. The van der Waals surface area contributed by atoms with Crippen LogP contribution in [-0.4, -0.2) is 49.4 Å². The molecule has 0 N–H and O–H groups in total. The Kier molecular flexibility index (Phi) is 5.11. The number of hydrogen-bond acceptors (Lipinski definition) is 5. The summed E-state index contributed by atoms with van der Waals surface area (Å²) >= 11 is 7.50. The molecule has 6 nitrogen and oxygen atoms in total. The van der Waals surface area contributed by atoms with Gasteiger partial charge in [-0.2, -0.15) is 4.99 Å². The van der Waals surface area contributed by atoms with Crippen LogP contribution in [0, 0.1) is 0 Å². The summed E-state index contributed by atoms with van der Waals surface area (Å²) in [5, 5.41) is 0.745. The number of ether oxygens (including phenoxy) is 1. The number of thioether (sulfide) groups is 1. The first-order valence-corrected chi connectivity index (χ1v) is 11.6. The minimum Gasteiger partial charge on any atom is -0.495 e. The van der Waals surface area contributed by atoms with Crippen molar-refractivity contribution in [3.8, 4) is 5.75 Å². The van der Waals surface area contributed by atoms with Gasteiger partial charge in [-0.15, -0.1) is 0 Å². The largest absolute Gasteiger partial charge is 0.495 e. The van der Waals surface area contributed by atoms with E-state index in [4.69, 9.17) is 16.3 Å². The van der Waals surface area contributed by atoms with Gasteiger partial charge in [0, 0.05) is 15.8 Å². The van der Waals surface area contributed by atoms with Crippen molar-refractivity contribution in [1.82, 2.24) is 0 Å². The molecule has 0 spiro atoms. The summed E-state index contributed by atoms with van der Waals surface area (Å²) < 4.78 is 29.8. The molecule has 2 saturated heterocycles. The molecular weight excluding hydrogens is 420 g/mol. The lowest BCUT2D eigenvalue weighted by atomic mass is 10.2. The summed E-state index contributed by atoms with van der Waals surface area (Å²) in [6, 6.07) is 13.6. The normalized spacial score (nSPS) is 24.4. The van der Waals surface area contributed by atoms with Crippen LogP contribution in [0.3, 0.4) is 0 Å². The van der Waals surface area contributed by atoms with Crippen molar-refractivity contribution in [1.29, 1.82) is 0 Å². The van der Waals surface area contributed by atoms with Crippen LogP contribution in [0.25, 0.3) is 0 Å². The number of carbonyl (C=O) groups excluding carboxylic acids is 1. The smallest absolute Gasteiger partial charge is 0.279 e. The SMILES string of the molecule is COc1ccc(Cl)cc1N1C(=NC(=O)c2ccccc2)S[C@@H]2CS(=O)(=O)C[C@H]21. The number of benzene rings is 2. The van der Waals surface area contributed by atoms with Gasteiger partial charge in [-0.05, 0) is 30.3 Å². The van der Waals surface area contributed by atoms with Crippen molar-refractivity contribution < 1.29 is 17.9 Å². The standard InChI is InChI=1S/C19H17ClN2O4S2/c1-26-16-8-7-13(20)9-14(16)22-15-10-28(24,25)11-17(15)27-19(22)21-18(23)12-5-3-2-4-6-12/h2-9,15,17H,10-11H2,1H3/t15-,17-/m1/s1. The highest BCUT2D eigenvalue weighted by Gasteiger charge is 2.50. The number of hydrogen-bond donors (Lipinski definition) is 0. The fraction of sp³-hybridized carbons (Fsp3) is 0.263. The average molecular weight is 437 g/mol. The zero-order valence-corrected chi connectivity index (χ0v) is 17.3. The molecule has 146 valence electrons. The lowest BCUT2D eigenvalue weighted by molar-refractivity contribution is 0.100. The summed E-state index contributed by atoms with van der Waals surface area (Å²) in [6.07, 6.45) is 0. The molecule has 0 bridgehead atoms. The van der Waals surface area contributed by atoms with E-state index in [1.807, 2.05) is 6.07 Å². The Morgan fingerprint density at radius 3 is 2.68 bits per heavy atom. The quantitative estimate of drug-likeness (QED) is 0.735. The minimum absolute atomic E-state index is 0.00111. The Hall–Kier alpha value is -2.03. The van der Waals surface area contributed by atoms with Gasteiger partial charge in [-0.3, -0.25) is 4.79 Å². The molecule has 0 saturated carbocycles. The molecule has 2 heterocycles. The van der Waals surface area contributed by atoms with Gasteiger partial charge < -0.3 is 9.64 Å². The summed E-state index contributed by atoms with van der Waals surface area (Å²) in [5.74, 6) is 0.214. The van der Waals surface area contributed by atoms with Crippen molar-refractivity contribution in [2.45, 2.75) is 11.3 Å². The van der Waals surface area contributed by atoms with Gasteiger partial charge in [0.25, 0.3) is 5.91 Å². The number of amides is 1. The van der Waals surface area contributed by atoms with Crippen LogP contribution in [0.15, 0.2) is 53.5 Å². The molecule has 2 aromatic rings. The Labute approximate surface area is 172 Å². The predicted octanol–water partition coefficient (Wildman–Crippen LogP) is 3.26. The fourth-order valence-electron chi connectivity index (χ4n) is 3.43. The number of halogens is 1. The molecule has 0 aromatic heterocycles. The van der Waals surface area contributed by atoms with E-state index in [1.165, 1.54) is 18.9 Å². The first-order valence-electron chi connectivity index (χ1n) is 8.56. The van der Waals surface area contributed by atoms with Crippen LogP contribution < -0.4 is 9.64 Å². The average Bonchev–Trinajstić information content (AvgIpc) is 3.13. The number of nitrogens with zero attached hydrogens (tertiary/aromatic N) is 2. The number of fused-ring (bicyclic) bond motifs is 1. The Bertz CT molecular complexity index is 1060. The monoisotopic (exact) mass is 436 g/mol. The molecule has 9 heteroatoms. The summed E-state index contributed by atoms with van der Waals surface area (Å²) in [6.45, 7) is 0. The van der Waals surface area contributed by atoms with E-state index in [-0.39, 0.29) is 28.7 Å². The molecule has 2 atom stereocenters. The lowest BCUT2D eigenvalue weighted by Gasteiger charge is -2.26. The van der Waals surface area contributed by atoms with Gasteiger partial charge >= 0.3 is 0 Å². The molecule has 2 aliphatic heterocycles. The summed E-state index contributed by atoms with van der Waals surface area (Å²) in [4.78, 5) is 18.7. The summed E-state index contributed by atoms with van der Waals surface area (Å²) in [5.41, 5.74) is 1.07. The van der Waals surface area contributed by atoms with E-state index in [0.29, 0.717) is 27.2 Å². The van der Waals surface area contributed by atoms with Gasteiger partial charge in [0.05, 0.1) is 30.3 Å². The molecular formula is C19H17ClN2O4S2. The first-order chi connectivity index (χ1) is 13.4. The topological polar surface area (TPSA) is 76.0 Å². The number of anilines is 1. The zero-order valence-electron chi connectivity index (χ0n) is 14.9. The van der Waals surface area contributed by atoms with Crippen LogP contribution in [0.4, 0.5) is 5.69 Å². The van der Waals surface area contributed by atoms with Crippen LogP contribution in [-0.2, 0) is 9.84 Å². The van der Waals surface area contributed by atoms with Gasteiger partial charge in [-0.1, -0.05) is 41.6 Å². The van der Waals surface area contributed by atoms with Crippen molar-refractivity contribution in [2.24, 2.45) is 4.99 Å². The zero-order chi connectivity index (χ0) is 19.9. The highest BCUT2D eigenvalue weighted by molar-refractivity contribution is 8.16. The fourth-order valence-corrected chi connectivity index (χ4v) is 7.50. The highest BCUT2D eigenvalue weighted by Crippen LogP contribution is 2.44. The van der Waals surface area contributed by atoms with Gasteiger partial charge in [0.1, 0.15) is 5.75 Å². The van der Waals surface area contributed by atoms with Crippen molar-refractivity contribution in [2.75, 3.05) is 23.5 Å². The van der Waals surface area contributed by atoms with Crippen LogP contribution in [0.2, 0.25) is 5.02 Å². The van der Waals surface area contributed by atoms with E-state index >= 15 is 0 Å². The second kappa shape index (κ2) is 7.42. The third-order valence-corrected chi connectivity index (χ3v) is 8.13. The van der Waals surface area contributed by atoms with Crippen LogP contribution >= 0.6 is 23.4 Å². The van der Waals surface area contributed by atoms with Crippen LogP contribution in [0.1, 0.15) is 10.4 Å². The molecule has 0 aliphatic carbocycles. The molecule has 1 amide bonds. The Morgan fingerprint density at radius 2 is 1.96 bits per heavy atom. The third kappa shape index (κ3) is 3.64. The number of amidine groups is 1. The molecule has 0 radical (unpaired) electrons. The maximum atomic E-state index is 12.6. The Morgan fingerprint density at radius 1 is 1.21 bits per heavy atom. The van der Waals surface area contributed by atoms with Gasteiger partial charge in [0.2, 0.25) is 0 Å². The Balaban J connectivity index is 1.79. The number of rotatable bonds is 3. The maximum absolute atomic E-state index is 12.6. The second-order valence-corrected chi connectivity index (χ2v) is 10.3. The van der Waals surface area contributed by atoms with Gasteiger partial charge in [-0.25, -0.2) is 8.42 Å². The minimum atomic E-state index is -3.16. The van der Waals surface area contributed by atoms with Crippen molar-refractivity contribution in [3.05, 3.63) is 59.1 Å². The lowest BCUT2D eigenvalue weighted by Crippen LogP contribution is -2.38. The van der Waals surface area contributed by atoms with Crippen molar-refractivity contribution in [3.63, 3.8) is 0 Å². The molecule has 28 heavy (non-hydrogen) atoms. The number of carbonyl (C=O) groups is 1. The molecule has 0 unspecified atom stereocenters. The molecule has 2 aliphatic rings. The molecule has 4 rings (SSSR count). The second-order valence-electron chi connectivity index (χ2n) is 6.55.